The third kappa shape index (κ3) is 4.52. The Kier molecular flexibility index (Phi) is 5.81. The predicted molar refractivity (Wildman–Crippen MR) is 65.3 cm³/mol. The molecule has 0 bridgehead atoms. The number of piperidine rings is 1. The van der Waals surface area contributed by atoms with Crippen LogP contribution in [0.3, 0.4) is 0 Å². The van der Waals surface area contributed by atoms with E-state index in [0.717, 1.165) is 13.0 Å². The van der Waals surface area contributed by atoms with Crippen LogP contribution in [0, 0.1) is 5.92 Å². The van der Waals surface area contributed by atoms with E-state index in [0.29, 0.717) is 18.4 Å². The average Bonchev–Trinajstić information content (AvgIpc) is 2.26. The molecule has 0 N–H and O–H groups in total. The van der Waals surface area contributed by atoms with Crippen molar-refractivity contribution < 1.29 is 9.53 Å². The minimum absolute atomic E-state index is 0.0740. The molecule has 1 aliphatic heterocycles. The number of ether oxygens (including phenoxy) is 1. The van der Waals surface area contributed by atoms with Crippen LogP contribution in [0.4, 0.5) is 0 Å². The lowest BCUT2D eigenvalue weighted by molar-refractivity contribution is -0.141. The lowest BCUT2D eigenvalue weighted by atomic mass is 9.97. The summed E-state index contributed by atoms with van der Waals surface area (Å²) < 4.78 is 4.70. The Balaban J connectivity index is 2.37. The molecule has 1 rings (SSSR count). The number of nitrogens with zero attached hydrogens (tertiary/aromatic N) is 1. The standard InChI is InChI=1S/C13H25NO2/c1-11(2)10-14-9-5-4-6-12(14)7-8-13(15)16-3/h11-12H,4-10H2,1-3H3. The van der Waals surface area contributed by atoms with Gasteiger partial charge in [-0.3, -0.25) is 4.79 Å². The van der Waals surface area contributed by atoms with Crippen molar-refractivity contribution in [1.82, 2.24) is 4.90 Å². The van der Waals surface area contributed by atoms with E-state index in [1.165, 1.54) is 32.9 Å². The van der Waals surface area contributed by atoms with Gasteiger partial charge in [-0.1, -0.05) is 20.3 Å². The zero-order valence-corrected chi connectivity index (χ0v) is 10.9. The predicted octanol–water partition coefficient (Wildman–Crippen LogP) is 2.45. The normalized spacial score (nSPS) is 22.4. The van der Waals surface area contributed by atoms with Gasteiger partial charge in [-0.25, -0.2) is 0 Å². The topological polar surface area (TPSA) is 29.5 Å². The van der Waals surface area contributed by atoms with Gasteiger partial charge >= 0.3 is 5.97 Å². The number of hydrogen-bond donors (Lipinski definition) is 0. The van der Waals surface area contributed by atoms with E-state index >= 15 is 0 Å². The van der Waals surface area contributed by atoms with Crippen molar-refractivity contribution >= 4 is 5.97 Å². The summed E-state index contributed by atoms with van der Waals surface area (Å²) in [6, 6.07) is 0.593. The SMILES string of the molecule is COC(=O)CCC1CCCCN1CC(C)C. The number of esters is 1. The van der Waals surface area contributed by atoms with Crippen LogP contribution in [0.1, 0.15) is 46.0 Å². The van der Waals surface area contributed by atoms with Crippen molar-refractivity contribution in [3.63, 3.8) is 0 Å². The maximum atomic E-state index is 11.1. The van der Waals surface area contributed by atoms with Gasteiger partial charge in [0, 0.05) is 19.0 Å². The summed E-state index contributed by atoms with van der Waals surface area (Å²) in [5, 5.41) is 0. The monoisotopic (exact) mass is 227 g/mol. The highest BCUT2D eigenvalue weighted by Crippen LogP contribution is 2.21. The number of hydrogen-bond acceptors (Lipinski definition) is 3. The third-order valence-electron chi connectivity index (χ3n) is 3.26. The molecule has 0 aromatic heterocycles. The Morgan fingerprint density at radius 3 is 2.81 bits per heavy atom. The highest BCUT2D eigenvalue weighted by molar-refractivity contribution is 5.69. The fourth-order valence-electron chi connectivity index (χ4n) is 2.48. The molecule has 1 unspecified atom stereocenters. The number of rotatable bonds is 5. The van der Waals surface area contributed by atoms with Crippen LogP contribution < -0.4 is 0 Å². The molecule has 94 valence electrons. The van der Waals surface area contributed by atoms with Gasteiger partial charge in [0.25, 0.3) is 0 Å². The van der Waals surface area contributed by atoms with Crippen molar-refractivity contribution in [2.75, 3.05) is 20.2 Å². The molecule has 1 heterocycles. The zero-order valence-electron chi connectivity index (χ0n) is 10.9. The Morgan fingerprint density at radius 1 is 1.44 bits per heavy atom. The second-order valence-corrected chi connectivity index (χ2v) is 5.15. The molecule has 1 saturated heterocycles. The van der Waals surface area contributed by atoms with Crippen LogP contribution in [0.5, 0.6) is 0 Å². The molecule has 16 heavy (non-hydrogen) atoms. The van der Waals surface area contributed by atoms with Crippen LogP contribution in [0.15, 0.2) is 0 Å². The second kappa shape index (κ2) is 6.89. The zero-order chi connectivity index (χ0) is 12.0. The molecule has 0 saturated carbocycles. The van der Waals surface area contributed by atoms with Gasteiger partial charge in [-0.15, -0.1) is 0 Å². The van der Waals surface area contributed by atoms with E-state index in [9.17, 15) is 4.79 Å². The van der Waals surface area contributed by atoms with Crippen molar-refractivity contribution in [3.8, 4) is 0 Å². The minimum atomic E-state index is -0.0740. The quantitative estimate of drug-likeness (QED) is 0.676. The average molecular weight is 227 g/mol. The van der Waals surface area contributed by atoms with Crippen LogP contribution in [-0.4, -0.2) is 37.1 Å². The first-order valence-corrected chi connectivity index (χ1v) is 6.44. The second-order valence-electron chi connectivity index (χ2n) is 5.15. The summed E-state index contributed by atoms with van der Waals surface area (Å²) in [6.45, 7) is 6.87. The van der Waals surface area contributed by atoms with Crippen molar-refractivity contribution in [2.45, 2.75) is 52.0 Å². The lowest BCUT2D eigenvalue weighted by Gasteiger charge is -2.36. The van der Waals surface area contributed by atoms with E-state index in [-0.39, 0.29) is 5.97 Å². The van der Waals surface area contributed by atoms with Gasteiger partial charge in [0.05, 0.1) is 7.11 Å². The summed E-state index contributed by atoms with van der Waals surface area (Å²) >= 11 is 0. The van der Waals surface area contributed by atoms with Crippen molar-refractivity contribution in [1.29, 1.82) is 0 Å². The Labute approximate surface area is 99.1 Å². The minimum Gasteiger partial charge on any atom is -0.469 e. The Morgan fingerprint density at radius 2 is 2.19 bits per heavy atom. The molecule has 0 aliphatic carbocycles. The number of carbonyl (C=O) groups is 1. The molecule has 0 amide bonds. The molecule has 1 atom stereocenters. The fourth-order valence-corrected chi connectivity index (χ4v) is 2.48. The first kappa shape index (κ1) is 13.5. The molecule has 3 nitrogen and oxygen atoms in total. The van der Waals surface area contributed by atoms with Crippen LogP contribution >= 0.6 is 0 Å². The van der Waals surface area contributed by atoms with Gasteiger partial charge in [0.15, 0.2) is 0 Å². The Hall–Kier alpha value is -0.570. The molecule has 1 fully saturated rings. The van der Waals surface area contributed by atoms with E-state index in [2.05, 4.69) is 18.7 Å². The summed E-state index contributed by atoms with van der Waals surface area (Å²) in [7, 11) is 1.47. The van der Waals surface area contributed by atoms with Gasteiger partial charge in [-0.05, 0) is 31.7 Å². The number of carbonyl (C=O) groups excluding carboxylic acids is 1. The summed E-state index contributed by atoms with van der Waals surface area (Å²) in [5.41, 5.74) is 0. The maximum absolute atomic E-state index is 11.1. The first-order chi connectivity index (χ1) is 7.63. The third-order valence-corrected chi connectivity index (χ3v) is 3.26. The van der Waals surface area contributed by atoms with Crippen LogP contribution in [-0.2, 0) is 9.53 Å². The van der Waals surface area contributed by atoms with Crippen LogP contribution in [0.25, 0.3) is 0 Å². The Bertz CT molecular complexity index is 216. The maximum Gasteiger partial charge on any atom is 0.305 e. The lowest BCUT2D eigenvalue weighted by Crippen LogP contribution is -2.41. The smallest absolute Gasteiger partial charge is 0.305 e. The summed E-state index contributed by atoms with van der Waals surface area (Å²) in [6.07, 6.45) is 5.38. The van der Waals surface area contributed by atoms with E-state index < -0.39 is 0 Å². The van der Waals surface area contributed by atoms with Crippen molar-refractivity contribution in [3.05, 3.63) is 0 Å². The van der Waals surface area contributed by atoms with Gasteiger partial charge < -0.3 is 9.64 Å². The molecule has 1 aliphatic rings. The molecule has 0 spiro atoms. The van der Waals surface area contributed by atoms with Gasteiger partial charge in [-0.2, -0.15) is 0 Å². The van der Waals surface area contributed by atoms with Gasteiger partial charge in [0.2, 0.25) is 0 Å². The molecule has 0 radical (unpaired) electrons. The molecule has 0 aromatic carbocycles. The molecule has 0 aromatic rings. The first-order valence-electron chi connectivity index (χ1n) is 6.44. The van der Waals surface area contributed by atoms with Crippen molar-refractivity contribution in [2.24, 2.45) is 5.92 Å². The molecular formula is C13H25NO2. The molecule has 3 heteroatoms. The van der Waals surface area contributed by atoms with E-state index in [1.807, 2.05) is 0 Å². The highest BCUT2D eigenvalue weighted by Gasteiger charge is 2.23. The van der Waals surface area contributed by atoms with E-state index in [4.69, 9.17) is 4.74 Å². The van der Waals surface area contributed by atoms with Gasteiger partial charge in [0.1, 0.15) is 0 Å². The molecular weight excluding hydrogens is 202 g/mol. The van der Waals surface area contributed by atoms with Crippen LogP contribution in [0.2, 0.25) is 0 Å². The summed E-state index contributed by atoms with van der Waals surface area (Å²) in [5.74, 6) is 0.633. The highest BCUT2D eigenvalue weighted by atomic mass is 16.5. The summed E-state index contributed by atoms with van der Waals surface area (Å²) in [4.78, 5) is 13.7. The van der Waals surface area contributed by atoms with E-state index in [1.54, 1.807) is 0 Å². The number of methoxy groups -OCH3 is 1. The fraction of sp³-hybridized carbons (Fsp3) is 0.923. The largest absolute Gasteiger partial charge is 0.469 e. The number of likely N-dealkylation sites (tertiary alicyclic amines) is 1.